The summed E-state index contributed by atoms with van der Waals surface area (Å²) >= 11 is 0. The van der Waals surface area contributed by atoms with Crippen molar-refractivity contribution in [1.82, 2.24) is 4.90 Å². The fraction of sp³-hybridized carbons (Fsp3) is 0.923. The van der Waals surface area contributed by atoms with Crippen molar-refractivity contribution >= 4 is 5.91 Å². The Morgan fingerprint density at radius 3 is 2.50 bits per heavy atom. The second kappa shape index (κ2) is 6.89. The Morgan fingerprint density at radius 1 is 1.38 bits per heavy atom. The average molecular weight is 226 g/mol. The summed E-state index contributed by atoms with van der Waals surface area (Å²) in [4.78, 5) is 14.0. The molecule has 0 saturated heterocycles. The fourth-order valence-electron chi connectivity index (χ4n) is 2.46. The monoisotopic (exact) mass is 226 g/mol. The van der Waals surface area contributed by atoms with Gasteiger partial charge in [0.05, 0.1) is 0 Å². The molecule has 1 aliphatic carbocycles. The van der Waals surface area contributed by atoms with Gasteiger partial charge in [0.25, 0.3) is 0 Å². The molecule has 1 rings (SSSR count). The molecule has 16 heavy (non-hydrogen) atoms. The smallest absolute Gasteiger partial charge is 0.222 e. The van der Waals surface area contributed by atoms with E-state index in [1.807, 2.05) is 11.9 Å². The maximum absolute atomic E-state index is 12.0. The Labute approximate surface area is 99.4 Å². The minimum absolute atomic E-state index is 0.282. The second-order valence-corrected chi connectivity index (χ2v) is 5.01. The van der Waals surface area contributed by atoms with Gasteiger partial charge in [-0.15, -0.1) is 0 Å². The van der Waals surface area contributed by atoms with Gasteiger partial charge in [0.1, 0.15) is 0 Å². The third-order valence-electron chi connectivity index (χ3n) is 3.89. The van der Waals surface area contributed by atoms with Crippen LogP contribution in [-0.2, 0) is 4.79 Å². The molecule has 2 N–H and O–H groups in total. The highest BCUT2D eigenvalue weighted by Gasteiger charge is 2.23. The van der Waals surface area contributed by atoms with Gasteiger partial charge in [-0.1, -0.05) is 32.6 Å². The van der Waals surface area contributed by atoms with Gasteiger partial charge in [-0.3, -0.25) is 4.79 Å². The maximum atomic E-state index is 12.0. The summed E-state index contributed by atoms with van der Waals surface area (Å²) in [5.41, 5.74) is 5.64. The van der Waals surface area contributed by atoms with E-state index in [-0.39, 0.29) is 5.91 Å². The average Bonchev–Trinajstić information content (AvgIpc) is 2.35. The van der Waals surface area contributed by atoms with E-state index in [1.54, 1.807) is 0 Å². The van der Waals surface area contributed by atoms with Crippen LogP contribution >= 0.6 is 0 Å². The van der Waals surface area contributed by atoms with Crippen molar-refractivity contribution in [2.45, 2.75) is 57.9 Å². The molecular weight excluding hydrogens is 200 g/mol. The number of carbonyl (C=O) groups excluding carboxylic acids is 1. The lowest BCUT2D eigenvalue weighted by Gasteiger charge is -2.32. The largest absolute Gasteiger partial charge is 0.343 e. The zero-order valence-electron chi connectivity index (χ0n) is 10.7. The molecule has 3 nitrogen and oxygen atoms in total. The summed E-state index contributed by atoms with van der Waals surface area (Å²) in [6.07, 6.45) is 7.87. The first kappa shape index (κ1) is 13.5. The van der Waals surface area contributed by atoms with Crippen molar-refractivity contribution in [3.63, 3.8) is 0 Å². The molecule has 0 radical (unpaired) electrons. The molecular formula is C13H26N2O. The molecule has 1 unspecified atom stereocenters. The van der Waals surface area contributed by atoms with Crippen molar-refractivity contribution in [2.75, 3.05) is 13.6 Å². The SMILES string of the molecule is CCC(CN)CC(=O)N(C)C1CCCCC1. The van der Waals surface area contributed by atoms with Crippen LogP contribution in [0.15, 0.2) is 0 Å². The first-order chi connectivity index (χ1) is 7.69. The number of carbonyl (C=O) groups is 1. The summed E-state index contributed by atoms with van der Waals surface area (Å²) in [5.74, 6) is 0.641. The Hall–Kier alpha value is -0.570. The normalized spacial score (nSPS) is 19.4. The lowest BCUT2D eigenvalue weighted by atomic mass is 9.93. The van der Waals surface area contributed by atoms with Gasteiger partial charge >= 0.3 is 0 Å². The second-order valence-electron chi connectivity index (χ2n) is 5.01. The van der Waals surface area contributed by atoms with Crippen LogP contribution in [0.2, 0.25) is 0 Å². The van der Waals surface area contributed by atoms with Crippen molar-refractivity contribution in [3.05, 3.63) is 0 Å². The lowest BCUT2D eigenvalue weighted by molar-refractivity contribution is -0.133. The van der Waals surface area contributed by atoms with Crippen LogP contribution in [0.1, 0.15) is 51.9 Å². The van der Waals surface area contributed by atoms with E-state index >= 15 is 0 Å². The lowest BCUT2D eigenvalue weighted by Crippen LogP contribution is -2.39. The highest BCUT2D eigenvalue weighted by Crippen LogP contribution is 2.22. The third-order valence-corrected chi connectivity index (χ3v) is 3.89. The minimum Gasteiger partial charge on any atom is -0.343 e. The number of nitrogens with two attached hydrogens (primary N) is 1. The molecule has 0 spiro atoms. The van der Waals surface area contributed by atoms with Gasteiger partial charge in [-0.25, -0.2) is 0 Å². The van der Waals surface area contributed by atoms with Crippen molar-refractivity contribution in [1.29, 1.82) is 0 Å². The fourth-order valence-corrected chi connectivity index (χ4v) is 2.46. The van der Waals surface area contributed by atoms with E-state index in [9.17, 15) is 4.79 Å². The van der Waals surface area contributed by atoms with Crippen molar-refractivity contribution in [2.24, 2.45) is 11.7 Å². The van der Waals surface area contributed by atoms with Crippen LogP contribution in [0, 0.1) is 5.92 Å². The topological polar surface area (TPSA) is 46.3 Å². The Bertz CT molecular complexity index is 208. The standard InChI is InChI=1S/C13H26N2O/c1-3-11(10-14)9-13(16)15(2)12-7-5-4-6-8-12/h11-12H,3-10,14H2,1-2H3. The molecule has 1 fully saturated rings. The van der Waals surface area contributed by atoms with Gasteiger partial charge in [0.15, 0.2) is 0 Å². The van der Waals surface area contributed by atoms with Crippen LogP contribution in [0.4, 0.5) is 0 Å². The Balaban J connectivity index is 2.39. The van der Waals surface area contributed by atoms with Crippen LogP contribution in [-0.4, -0.2) is 30.4 Å². The number of nitrogens with zero attached hydrogens (tertiary/aromatic N) is 1. The number of hydrogen-bond donors (Lipinski definition) is 1. The van der Waals surface area contributed by atoms with Crippen molar-refractivity contribution in [3.8, 4) is 0 Å². The van der Waals surface area contributed by atoms with Gasteiger partial charge in [-0.2, -0.15) is 0 Å². The molecule has 0 heterocycles. The summed E-state index contributed by atoms with van der Waals surface area (Å²) in [6, 6.07) is 0.483. The Morgan fingerprint density at radius 2 is 2.00 bits per heavy atom. The predicted octanol–water partition coefficient (Wildman–Crippen LogP) is 2.15. The van der Waals surface area contributed by atoms with Gasteiger partial charge < -0.3 is 10.6 Å². The highest BCUT2D eigenvalue weighted by atomic mass is 16.2. The van der Waals surface area contributed by atoms with Crippen LogP contribution in [0.5, 0.6) is 0 Å². The first-order valence-electron chi connectivity index (χ1n) is 6.64. The van der Waals surface area contributed by atoms with Gasteiger partial charge in [0.2, 0.25) is 5.91 Å². The molecule has 0 aromatic carbocycles. The summed E-state index contributed by atoms with van der Waals surface area (Å²) < 4.78 is 0. The zero-order chi connectivity index (χ0) is 12.0. The van der Waals surface area contributed by atoms with E-state index in [1.165, 1.54) is 32.1 Å². The van der Waals surface area contributed by atoms with Crippen LogP contribution < -0.4 is 5.73 Å². The maximum Gasteiger partial charge on any atom is 0.222 e. The molecule has 0 bridgehead atoms. The van der Waals surface area contributed by atoms with Gasteiger partial charge in [0, 0.05) is 19.5 Å². The van der Waals surface area contributed by atoms with Crippen LogP contribution in [0.3, 0.4) is 0 Å². The minimum atomic E-state index is 0.282. The summed E-state index contributed by atoms with van der Waals surface area (Å²) in [6.45, 7) is 2.73. The molecule has 0 aromatic heterocycles. The predicted molar refractivity (Wildman–Crippen MR) is 67.1 cm³/mol. The van der Waals surface area contributed by atoms with E-state index in [2.05, 4.69) is 6.92 Å². The quantitative estimate of drug-likeness (QED) is 0.781. The van der Waals surface area contributed by atoms with E-state index < -0.39 is 0 Å². The first-order valence-corrected chi connectivity index (χ1v) is 6.64. The molecule has 1 aliphatic rings. The number of rotatable bonds is 5. The highest BCUT2D eigenvalue weighted by molar-refractivity contribution is 5.76. The van der Waals surface area contributed by atoms with E-state index in [0.29, 0.717) is 24.9 Å². The molecule has 0 aromatic rings. The zero-order valence-corrected chi connectivity index (χ0v) is 10.7. The van der Waals surface area contributed by atoms with Gasteiger partial charge in [-0.05, 0) is 25.3 Å². The molecule has 1 saturated carbocycles. The molecule has 1 atom stereocenters. The van der Waals surface area contributed by atoms with E-state index in [0.717, 1.165) is 6.42 Å². The molecule has 94 valence electrons. The molecule has 0 aliphatic heterocycles. The number of amides is 1. The summed E-state index contributed by atoms with van der Waals surface area (Å²) in [5, 5.41) is 0. The third kappa shape index (κ3) is 3.78. The van der Waals surface area contributed by atoms with E-state index in [4.69, 9.17) is 5.73 Å². The molecule has 3 heteroatoms. The van der Waals surface area contributed by atoms with Crippen LogP contribution in [0.25, 0.3) is 0 Å². The Kier molecular flexibility index (Phi) is 5.81. The number of hydrogen-bond acceptors (Lipinski definition) is 2. The molecule has 1 amide bonds. The van der Waals surface area contributed by atoms with Crippen molar-refractivity contribution < 1.29 is 4.79 Å². The summed E-state index contributed by atoms with van der Waals surface area (Å²) in [7, 11) is 1.96.